The van der Waals surface area contributed by atoms with Gasteiger partial charge in [0, 0.05) is 23.7 Å². The van der Waals surface area contributed by atoms with E-state index in [2.05, 4.69) is 15.5 Å². The SMILES string of the molecule is CC(C)(C)OC(=O)N1CCCC1CNc1nc(-c2cccc(Cl)c2)no1. The maximum Gasteiger partial charge on any atom is 0.410 e. The van der Waals surface area contributed by atoms with Crippen LogP contribution in [0, 0.1) is 0 Å². The summed E-state index contributed by atoms with van der Waals surface area (Å²) in [6.45, 7) is 6.81. The molecule has 1 saturated heterocycles. The molecule has 0 aliphatic carbocycles. The number of rotatable bonds is 4. The van der Waals surface area contributed by atoms with Crippen molar-refractivity contribution < 1.29 is 14.1 Å². The Bertz CT molecular complexity index is 772. The molecule has 1 amide bonds. The molecule has 140 valence electrons. The first kappa shape index (κ1) is 18.5. The zero-order valence-electron chi connectivity index (χ0n) is 15.2. The van der Waals surface area contributed by atoms with Crippen molar-refractivity contribution in [3.8, 4) is 11.4 Å². The Balaban J connectivity index is 1.59. The van der Waals surface area contributed by atoms with E-state index >= 15 is 0 Å². The molecule has 1 fully saturated rings. The van der Waals surface area contributed by atoms with E-state index in [0.717, 1.165) is 18.4 Å². The van der Waals surface area contributed by atoms with Crippen LogP contribution in [0.25, 0.3) is 11.4 Å². The van der Waals surface area contributed by atoms with Crippen molar-refractivity contribution >= 4 is 23.7 Å². The molecule has 1 N–H and O–H groups in total. The molecule has 2 heterocycles. The summed E-state index contributed by atoms with van der Waals surface area (Å²) in [5, 5.41) is 7.69. The number of aromatic nitrogens is 2. The molecule has 7 nitrogen and oxygen atoms in total. The van der Waals surface area contributed by atoms with Crippen LogP contribution in [0.1, 0.15) is 33.6 Å². The average Bonchev–Trinajstić information content (AvgIpc) is 3.20. The standard InChI is InChI=1S/C18H23ClN4O3/c1-18(2,3)25-17(24)23-9-5-8-14(23)11-20-16-21-15(22-26-16)12-6-4-7-13(19)10-12/h4,6-7,10,14H,5,8-9,11H2,1-3H3,(H,20,21,22). The molecule has 0 spiro atoms. The smallest absolute Gasteiger partial charge is 0.410 e. The third-order valence-corrected chi connectivity index (χ3v) is 4.24. The fourth-order valence-electron chi connectivity index (χ4n) is 2.85. The first-order valence-corrected chi connectivity index (χ1v) is 9.03. The highest BCUT2D eigenvalue weighted by Gasteiger charge is 2.32. The molecular formula is C18H23ClN4O3. The maximum absolute atomic E-state index is 12.3. The first-order valence-electron chi connectivity index (χ1n) is 8.65. The van der Waals surface area contributed by atoms with Crippen molar-refractivity contribution in [2.75, 3.05) is 18.4 Å². The van der Waals surface area contributed by atoms with Gasteiger partial charge in [-0.1, -0.05) is 28.9 Å². The van der Waals surface area contributed by atoms with Gasteiger partial charge >= 0.3 is 12.1 Å². The van der Waals surface area contributed by atoms with Gasteiger partial charge in [0.1, 0.15) is 5.60 Å². The minimum atomic E-state index is -0.504. The zero-order valence-corrected chi connectivity index (χ0v) is 15.9. The normalized spacial score (nSPS) is 17.4. The molecule has 1 unspecified atom stereocenters. The summed E-state index contributed by atoms with van der Waals surface area (Å²) in [5.74, 6) is 0.463. The highest BCUT2D eigenvalue weighted by Crippen LogP contribution is 2.23. The van der Waals surface area contributed by atoms with Crippen LogP contribution in [0.2, 0.25) is 5.02 Å². The number of hydrogen-bond acceptors (Lipinski definition) is 6. The van der Waals surface area contributed by atoms with Crippen molar-refractivity contribution in [2.45, 2.75) is 45.3 Å². The molecule has 26 heavy (non-hydrogen) atoms. The molecule has 1 aromatic carbocycles. The van der Waals surface area contributed by atoms with Crippen molar-refractivity contribution in [1.82, 2.24) is 15.0 Å². The van der Waals surface area contributed by atoms with Crippen LogP contribution in [0.5, 0.6) is 0 Å². The van der Waals surface area contributed by atoms with Crippen LogP contribution >= 0.6 is 11.6 Å². The van der Waals surface area contributed by atoms with Crippen LogP contribution in [-0.2, 0) is 4.74 Å². The van der Waals surface area contributed by atoms with Crippen molar-refractivity contribution in [3.05, 3.63) is 29.3 Å². The highest BCUT2D eigenvalue weighted by molar-refractivity contribution is 6.30. The fourth-order valence-corrected chi connectivity index (χ4v) is 3.04. The maximum atomic E-state index is 12.3. The monoisotopic (exact) mass is 378 g/mol. The fraction of sp³-hybridized carbons (Fsp3) is 0.500. The highest BCUT2D eigenvalue weighted by atomic mass is 35.5. The van der Waals surface area contributed by atoms with E-state index in [4.69, 9.17) is 20.9 Å². The van der Waals surface area contributed by atoms with Crippen molar-refractivity contribution in [1.29, 1.82) is 0 Å². The van der Waals surface area contributed by atoms with Crippen LogP contribution in [0.15, 0.2) is 28.8 Å². The minimum absolute atomic E-state index is 0.0337. The van der Waals surface area contributed by atoms with Crippen molar-refractivity contribution in [2.24, 2.45) is 0 Å². The number of carbonyl (C=O) groups is 1. The molecule has 1 aliphatic rings. The number of likely N-dealkylation sites (tertiary alicyclic amines) is 1. The molecule has 1 atom stereocenters. The molecular weight excluding hydrogens is 356 g/mol. The lowest BCUT2D eigenvalue weighted by Gasteiger charge is -2.28. The number of amides is 1. The average molecular weight is 379 g/mol. The minimum Gasteiger partial charge on any atom is -0.444 e. The van der Waals surface area contributed by atoms with E-state index in [9.17, 15) is 4.79 Å². The summed E-state index contributed by atoms with van der Waals surface area (Å²) in [6, 6.07) is 7.61. The summed E-state index contributed by atoms with van der Waals surface area (Å²) in [5.41, 5.74) is 0.279. The van der Waals surface area contributed by atoms with E-state index in [0.29, 0.717) is 30.0 Å². The summed E-state index contributed by atoms with van der Waals surface area (Å²) in [6.07, 6.45) is 1.57. The number of ether oxygens (including phenoxy) is 1. The van der Waals surface area contributed by atoms with Gasteiger partial charge in [-0.25, -0.2) is 4.79 Å². The second kappa shape index (κ2) is 7.53. The third kappa shape index (κ3) is 4.66. The molecule has 1 aliphatic heterocycles. The van der Waals surface area contributed by atoms with E-state index in [1.54, 1.807) is 17.0 Å². The van der Waals surface area contributed by atoms with Gasteiger partial charge in [0.2, 0.25) is 5.82 Å². The van der Waals surface area contributed by atoms with Gasteiger partial charge < -0.3 is 19.5 Å². The molecule has 0 saturated carbocycles. The Hall–Kier alpha value is -2.28. The van der Waals surface area contributed by atoms with Crippen LogP contribution in [0.4, 0.5) is 10.8 Å². The second-order valence-corrected chi connectivity index (χ2v) is 7.72. The Morgan fingerprint density at radius 1 is 1.46 bits per heavy atom. The topological polar surface area (TPSA) is 80.5 Å². The largest absolute Gasteiger partial charge is 0.444 e. The molecule has 0 bridgehead atoms. The lowest BCUT2D eigenvalue weighted by Crippen LogP contribution is -2.42. The third-order valence-electron chi connectivity index (χ3n) is 4.00. The Morgan fingerprint density at radius 2 is 2.27 bits per heavy atom. The Morgan fingerprint density at radius 3 is 3.00 bits per heavy atom. The lowest BCUT2D eigenvalue weighted by atomic mass is 10.2. The van der Waals surface area contributed by atoms with Gasteiger partial charge in [0.05, 0.1) is 6.04 Å². The number of nitrogens with zero attached hydrogens (tertiary/aromatic N) is 3. The quantitative estimate of drug-likeness (QED) is 0.858. The Labute approximate surface area is 157 Å². The summed E-state index contributed by atoms with van der Waals surface area (Å²) in [7, 11) is 0. The van der Waals surface area contributed by atoms with Gasteiger partial charge in [0.25, 0.3) is 0 Å². The number of anilines is 1. The van der Waals surface area contributed by atoms with Gasteiger partial charge in [-0.3, -0.25) is 0 Å². The van der Waals surface area contributed by atoms with Crippen LogP contribution in [-0.4, -0.2) is 45.9 Å². The molecule has 2 aromatic rings. The van der Waals surface area contributed by atoms with Gasteiger partial charge in [-0.2, -0.15) is 4.98 Å². The van der Waals surface area contributed by atoms with Gasteiger partial charge in [0.15, 0.2) is 0 Å². The van der Waals surface area contributed by atoms with Crippen molar-refractivity contribution in [3.63, 3.8) is 0 Å². The molecule has 1 aromatic heterocycles. The molecule has 8 heteroatoms. The Kier molecular flexibility index (Phi) is 5.36. The zero-order chi connectivity index (χ0) is 18.7. The summed E-state index contributed by atoms with van der Waals surface area (Å²) in [4.78, 5) is 18.4. The number of halogens is 1. The van der Waals surface area contributed by atoms with E-state index < -0.39 is 5.60 Å². The van der Waals surface area contributed by atoms with Gasteiger partial charge in [-0.15, -0.1) is 0 Å². The number of hydrogen-bond donors (Lipinski definition) is 1. The van der Waals surface area contributed by atoms with Gasteiger partial charge in [-0.05, 0) is 45.7 Å². The predicted molar refractivity (Wildman–Crippen MR) is 99.2 cm³/mol. The van der Waals surface area contributed by atoms with Crippen LogP contribution < -0.4 is 5.32 Å². The van der Waals surface area contributed by atoms with E-state index in [1.807, 2.05) is 32.9 Å². The van der Waals surface area contributed by atoms with E-state index in [-0.39, 0.29) is 12.1 Å². The lowest BCUT2D eigenvalue weighted by molar-refractivity contribution is 0.0234. The van der Waals surface area contributed by atoms with E-state index in [1.165, 1.54) is 0 Å². The summed E-state index contributed by atoms with van der Waals surface area (Å²) < 4.78 is 10.7. The summed E-state index contributed by atoms with van der Waals surface area (Å²) >= 11 is 5.99. The number of benzene rings is 1. The number of carbonyl (C=O) groups excluding carboxylic acids is 1. The molecule has 0 radical (unpaired) electrons. The van der Waals surface area contributed by atoms with Crippen LogP contribution in [0.3, 0.4) is 0 Å². The first-order chi connectivity index (χ1) is 12.3. The molecule has 3 rings (SSSR count). The number of nitrogens with one attached hydrogen (secondary N) is 1. The predicted octanol–water partition coefficient (Wildman–Crippen LogP) is 4.20. The second-order valence-electron chi connectivity index (χ2n) is 7.28.